The second-order valence-electron chi connectivity index (χ2n) is 2.90. The number of rotatable bonds is 6. The molecule has 7 nitrogen and oxygen atoms in total. The first-order valence-corrected chi connectivity index (χ1v) is 4.64. The first-order valence-electron chi connectivity index (χ1n) is 4.64. The number of amides is 1. The van der Waals surface area contributed by atoms with E-state index in [0.717, 1.165) is 0 Å². The standard InChI is InChI=1S/C9H12N4O3/c1-15-5-4-11-9(14)8-3-2-7(16-8)6-12-13-10/h2-3H,4-6H2,1H3,(H,11,14). The Morgan fingerprint density at radius 3 is 3.19 bits per heavy atom. The molecule has 0 aliphatic rings. The number of carbonyl (C=O) groups is 1. The molecule has 7 heteroatoms. The van der Waals surface area contributed by atoms with Gasteiger partial charge in [-0.05, 0) is 17.7 Å². The highest BCUT2D eigenvalue weighted by molar-refractivity contribution is 5.91. The lowest BCUT2D eigenvalue weighted by molar-refractivity contribution is 0.0908. The minimum Gasteiger partial charge on any atom is -0.456 e. The largest absolute Gasteiger partial charge is 0.456 e. The van der Waals surface area contributed by atoms with Gasteiger partial charge in [-0.25, -0.2) is 0 Å². The third kappa shape index (κ3) is 3.64. The molecule has 0 fully saturated rings. The van der Waals surface area contributed by atoms with Crippen LogP contribution >= 0.6 is 0 Å². The Hall–Kier alpha value is -1.98. The summed E-state index contributed by atoms with van der Waals surface area (Å²) >= 11 is 0. The Balaban J connectivity index is 2.49. The number of furan rings is 1. The lowest BCUT2D eigenvalue weighted by atomic mass is 10.4. The van der Waals surface area contributed by atoms with E-state index in [1.54, 1.807) is 13.2 Å². The van der Waals surface area contributed by atoms with E-state index < -0.39 is 0 Å². The molecule has 1 aromatic rings. The van der Waals surface area contributed by atoms with Crippen molar-refractivity contribution in [2.75, 3.05) is 20.3 Å². The van der Waals surface area contributed by atoms with Crippen molar-refractivity contribution in [3.63, 3.8) is 0 Å². The first-order chi connectivity index (χ1) is 7.77. The predicted molar refractivity (Wildman–Crippen MR) is 55.8 cm³/mol. The van der Waals surface area contributed by atoms with Crippen LogP contribution in [0.25, 0.3) is 10.4 Å². The van der Waals surface area contributed by atoms with Gasteiger partial charge in [0.15, 0.2) is 5.76 Å². The molecule has 0 saturated heterocycles. The van der Waals surface area contributed by atoms with Crippen LogP contribution in [0, 0.1) is 0 Å². The number of azide groups is 1. The molecule has 0 bridgehead atoms. The van der Waals surface area contributed by atoms with Crippen molar-refractivity contribution in [1.29, 1.82) is 0 Å². The summed E-state index contributed by atoms with van der Waals surface area (Å²) in [5.41, 5.74) is 8.11. The fraction of sp³-hybridized carbons (Fsp3) is 0.444. The van der Waals surface area contributed by atoms with E-state index in [0.29, 0.717) is 18.9 Å². The maximum atomic E-state index is 11.4. The minimum absolute atomic E-state index is 0.0991. The van der Waals surface area contributed by atoms with Gasteiger partial charge in [0.05, 0.1) is 13.2 Å². The third-order valence-electron chi connectivity index (χ3n) is 1.77. The zero-order chi connectivity index (χ0) is 11.8. The van der Waals surface area contributed by atoms with E-state index in [1.807, 2.05) is 0 Å². The predicted octanol–water partition coefficient (Wildman–Crippen LogP) is 1.47. The molecule has 0 spiro atoms. The SMILES string of the molecule is COCCNC(=O)c1ccc(CN=[N+]=[N-])o1. The molecule has 0 saturated carbocycles. The topological polar surface area (TPSA) is 100 Å². The summed E-state index contributed by atoms with van der Waals surface area (Å²) in [5.74, 6) is 0.332. The monoisotopic (exact) mass is 224 g/mol. The molecule has 0 unspecified atom stereocenters. The Morgan fingerprint density at radius 2 is 2.50 bits per heavy atom. The summed E-state index contributed by atoms with van der Waals surface area (Å²) in [7, 11) is 1.55. The van der Waals surface area contributed by atoms with E-state index in [9.17, 15) is 4.79 Å². The fourth-order valence-electron chi connectivity index (χ4n) is 1.04. The quantitative estimate of drug-likeness (QED) is 0.342. The zero-order valence-corrected chi connectivity index (χ0v) is 8.84. The van der Waals surface area contributed by atoms with Gasteiger partial charge in [0.25, 0.3) is 5.91 Å². The first kappa shape index (κ1) is 12.1. The molecule has 0 aliphatic carbocycles. The van der Waals surface area contributed by atoms with Gasteiger partial charge in [0.1, 0.15) is 5.76 Å². The van der Waals surface area contributed by atoms with E-state index >= 15 is 0 Å². The van der Waals surface area contributed by atoms with Crippen LogP contribution in [0.1, 0.15) is 16.3 Å². The van der Waals surface area contributed by atoms with Gasteiger partial charge in [0, 0.05) is 18.6 Å². The number of carbonyl (C=O) groups excluding carboxylic acids is 1. The van der Waals surface area contributed by atoms with Gasteiger partial charge in [-0.3, -0.25) is 4.79 Å². The summed E-state index contributed by atoms with van der Waals surface area (Å²) in [5, 5.41) is 5.93. The molecule has 1 N–H and O–H groups in total. The Labute approximate surface area is 92.0 Å². The van der Waals surface area contributed by atoms with Crippen molar-refractivity contribution in [3.8, 4) is 0 Å². The molecule has 1 aromatic heterocycles. The number of hydrogen-bond donors (Lipinski definition) is 1. The van der Waals surface area contributed by atoms with Crippen molar-refractivity contribution in [2.45, 2.75) is 6.54 Å². The average molecular weight is 224 g/mol. The second-order valence-corrected chi connectivity index (χ2v) is 2.90. The highest BCUT2D eigenvalue weighted by Crippen LogP contribution is 2.08. The number of methoxy groups -OCH3 is 1. The summed E-state index contributed by atoms with van der Waals surface area (Å²) in [6.07, 6.45) is 0. The van der Waals surface area contributed by atoms with E-state index in [1.165, 1.54) is 6.07 Å². The molecule has 1 amide bonds. The normalized spacial score (nSPS) is 9.56. The van der Waals surface area contributed by atoms with Crippen LogP contribution in [-0.4, -0.2) is 26.2 Å². The lowest BCUT2D eigenvalue weighted by Gasteiger charge is -2.01. The number of ether oxygens (including phenoxy) is 1. The van der Waals surface area contributed by atoms with Gasteiger partial charge < -0.3 is 14.5 Å². The molecule has 1 heterocycles. The Morgan fingerprint density at radius 1 is 1.69 bits per heavy atom. The van der Waals surface area contributed by atoms with Crippen LogP contribution in [0.4, 0.5) is 0 Å². The molecule has 0 radical (unpaired) electrons. The summed E-state index contributed by atoms with van der Waals surface area (Å²) in [6, 6.07) is 3.13. The van der Waals surface area contributed by atoms with Gasteiger partial charge in [0.2, 0.25) is 0 Å². The van der Waals surface area contributed by atoms with Crippen LogP contribution in [0.3, 0.4) is 0 Å². The second kappa shape index (κ2) is 6.49. The van der Waals surface area contributed by atoms with Crippen molar-refractivity contribution >= 4 is 5.91 Å². The van der Waals surface area contributed by atoms with Gasteiger partial charge in [-0.2, -0.15) is 0 Å². The number of nitrogens with zero attached hydrogens (tertiary/aromatic N) is 3. The molecular formula is C9H12N4O3. The maximum absolute atomic E-state index is 11.4. The van der Waals surface area contributed by atoms with E-state index in [-0.39, 0.29) is 18.2 Å². The Bertz CT molecular complexity index is 395. The molecule has 86 valence electrons. The highest BCUT2D eigenvalue weighted by atomic mass is 16.5. The lowest BCUT2D eigenvalue weighted by Crippen LogP contribution is -2.26. The summed E-state index contributed by atoms with van der Waals surface area (Å²) in [6.45, 7) is 0.960. The summed E-state index contributed by atoms with van der Waals surface area (Å²) < 4.78 is 9.95. The minimum atomic E-state index is -0.316. The molecule has 0 atom stereocenters. The van der Waals surface area contributed by atoms with Crippen LogP contribution in [0.15, 0.2) is 21.7 Å². The molecular weight excluding hydrogens is 212 g/mol. The van der Waals surface area contributed by atoms with Gasteiger partial charge >= 0.3 is 0 Å². The smallest absolute Gasteiger partial charge is 0.287 e. The van der Waals surface area contributed by atoms with Crippen molar-refractivity contribution in [1.82, 2.24) is 5.32 Å². The Kier molecular flexibility index (Phi) is 4.91. The average Bonchev–Trinajstić information content (AvgIpc) is 2.75. The highest BCUT2D eigenvalue weighted by Gasteiger charge is 2.09. The summed E-state index contributed by atoms with van der Waals surface area (Å²) in [4.78, 5) is 14.0. The fourth-order valence-corrected chi connectivity index (χ4v) is 1.04. The van der Waals surface area contributed by atoms with E-state index in [2.05, 4.69) is 15.3 Å². The van der Waals surface area contributed by atoms with Gasteiger partial charge in [-0.15, -0.1) is 0 Å². The van der Waals surface area contributed by atoms with Gasteiger partial charge in [-0.1, -0.05) is 5.11 Å². The van der Waals surface area contributed by atoms with Crippen molar-refractivity contribution in [2.24, 2.45) is 5.11 Å². The van der Waals surface area contributed by atoms with Crippen LogP contribution in [0.5, 0.6) is 0 Å². The third-order valence-corrected chi connectivity index (χ3v) is 1.77. The van der Waals surface area contributed by atoms with Crippen LogP contribution < -0.4 is 5.32 Å². The van der Waals surface area contributed by atoms with E-state index in [4.69, 9.17) is 14.7 Å². The number of hydrogen-bond acceptors (Lipinski definition) is 4. The number of nitrogens with one attached hydrogen (secondary N) is 1. The molecule has 1 rings (SSSR count). The molecule has 16 heavy (non-hydrogen) atoms. The van der Waals surface area contributed by atoms with Crippen molar-refractivity contribution in [3.05, 3.63) is 34.1 Å². The molecule has 0 aromatic carbocycles. The zero-order valence-electron chi connectivity index (χ0n) is 8.84. The van der Waals surface area contributed by atoms with Crippen LogP contribution in [0.2, 0.25) is 0 Å². The van der Waals surface area contributed by atoms with Crippen molar-refractivity contribution < 1.29 is 13.9 Å². The maximum Gasteiger partial charge on any atom is 0.287 e. The molecule has 0 aliphatic heterocycles. The van der Waals surface area contributed by atoms with Crippen LogP contribution in [-0.2, 0) is 11.3 Å².